The van der Waals surface area contributed by atoms with Gasteiger partial charge in [-0.1, -0.05) is 118 Å². The average Bonchev–Trinajstić information content (AvgIpc) is 1.48. The molecule has 40 nitrogen and oxygen atoms in total. The van der Waals surface area contributed by atoms with Crippen molar-refractivity contribution < 1.29 is 102 Å². The lowest BCUT2D eigenvalue weighted by Crippen LogP contribution is -2.65. The Morgan fingerprint density at radius 2 is 1.25 bits per heavy atom. The van der Waals surface area contributed by atoms with Crippen molar-refractivity contribution >= 4 is 111 Å². The number of ketones is 2. The number of rotatable bonds is 32. The Morgan fingerprint density at radius 3 is 1.88 bits per heavy atom. The number of carbonyl (C=O) groups excluding carboxylic acids is 16. The maximum absolute atomic E-state index is 15.6. The summed E-state index contributed by atoms with van der Waals surface area (Å²) in [4.78, 5) is 244. The topological polar surface area (TPSA) is 626 Å². The van der Waals surface area contributed by atoms with Gasteiger partial charge in [0.05, 0.1) is 36.4 Å². The third-order valence-corrected chi connectivity index (χ3v) is 22.9. The van der Waals surface area contributed by atoms with E-state index in [-0.39, 0.29) is 88.5 Å². The molecule has 4 unspecified atom stereocenters. The van der Waals surface area contributed by atoms with Crippen molar-refractivity contribution in [1.29, 1.82) is 0 Å². The van der Waals surface area contributed by atoms with Gasteiger partial charge in [-0.3, -0.25) is 86.2 Å². The first-order valence-corrected chi connectivity index (χ1v) is 43.4. The Labute approximate surface area is 741 Å². The number of nitrogens with one attached hydrogen (secondary N) is 14. The highest BCUT2D eigenvalue weighted by atomic mass is 16.4. The lowest BCUT2D eigenvalue weighted by molar-refractivity contribution is -0.140. The van der Waals surface area contributed by atoms with Gasteiger partial charge in [-0.2, -0.15) is 0 Å². The van der Waals surface area contributed by atoms with Crippen LogP contribution in [0.3, 0.4) is 0 Å². The van der Waals surface area contributed by atoms with E-state index >= 15 is 28.8 Å². The van der Waals surface area contributed by atoms with Crippen LogP contribution in [0.1, 0.15) is 187 Å². The van der Waals surface area contributed by atoms with Crippen molar-refractivity contribution in [1.82, 2.24) is 89.1 Å². The first-order chi connectivity index (χ1) is 60.5. The highest BCUT2D eigenvalue weighted by Crippen LogP contribution is 2.33. The highest BCUT2D eigenvalue weighted by molar-refractivity contribution is 6.41. The predicted octanol–water partition coefficient (Wildman–Crippen LogP) is -0.905. The normalized spacial score (nSPS) is 22.5. The number of carbonyl (C=O) groups is 17. The zero-order valence-electron chi connectivity index (χ0n) is 73.8. The first-order valence-electron chi connectivity index (χ1n) is 43.4. The number of nitrogens with two attached hydrogens (primary N) is 2. The Kier molecular flexibility index (Phi) is 39.2. The number of aromatic hydroxyl groups is 1. The van der Waals surface area contributed by atoms with Crippen LogP contribution in [0.2, 0.25) is 0 Å². The van der Waals surface area contributed by atoms with Crippen LogP contribution < -0.4 is 80.6 Å². The largest absolute Gasteiger partial charge is 0.508 e. The molecule has 14 amide bonds. The smallest absolute Gasteiger partial charge is 0.303 e. The molecule has 40 heteroatoms. The van der Waals surface area contributed by atoms with Crippen LogP contribution in [-0.2, 0) is 114 Å². The molecule has 22 N–H and O–H groups in total. The number of aliphatic hydroxyl groups is 2. The lowest BCUT2D eigenvalue weighted by atomic mass is 9.78. The first kappa shape index (κ1) is 102. The number of fused-ring (bicyclic) bond motifs is 3. The molecule has 128 heavy (non-hydrogen) atoms. The van der Waals surface area contributed by atoms with Gasteiger partial charge < -0.3 is 106 Å². The van der Waals surface area contributed by atoms with Crippen LogP contribution >= 0.6 is 0 Å². The number of aromatic nitrogens is 4. The minimum Gasteiger partial charge on any atom is -0.508 e. The second-order valence-electron chi connectivity index (χ2n) is 34.2. The molecule has 1 aliphatic heterocycles. The third kappa shape index (κ3) is 31.8. The summed E-state index contributed by atoms with van der Waals surface area (Å²) in [5.74, 6) is -18.3. The van der Waals surface area contributed by atoms with Gasteiger partial charge in [0, 0.05) is 75.4 Å². The molecule has 698 valence electrons. The summed E-state index contributed by atoms with van der Waals surface area (Å²) in [7, 11) is 0. The number of para-hydroxylation sites is 1. The summed E-state index contributed by atoms with van der Waals surface area (Å²) in [6.07, 6.45) is 2.10. The number of aryl methyl sites for hydroxylation is 2. The molecule has 1 saturated carbocycles. The fourth-order valence-corrected chi connectivity index (χ4v) is 15.0. The van der Waals surface area contributed by atoms with Gasteiger partial charge >= 0.3 is 5.97 Å². The number of amides is 14. The Hall–Kier alpha value is -12.6. The van der Waals surface area contributed by atoms with E-state index in [2.05, 4.69) is 84.4 Å². The Bertz CT molecular complexity index is 4730. The van der Waals surface area contributed by atoms with Gasteiger partial charge in [-0.05, 0) is 146 Å². The molecule has 2 bridgehead atoms. The van der Waals surface area contributed by atoms with Gasteiger partial charge in [-0.25, -0.2) is 0 Å². The predicted molar refractivity (Wildman–Crippen MR) is 465 cm³/mol. The van der Waals surface area contributed by atoms with E-state index in [1.807, 2.05) is 0 Å². The molecule has 2 aliphatic rings. The number of aromatic amines is 1. The lowest BCUT2D eigenvalue weighted by Gasteiger charge is -2.35. The van der Waals surface area contributed by atoms with Crippen LogP contribution in [0.5, 0.6) is 5.75 Å². The average molecular weight is 1790 g/mol. The van der Waals surface area contributed by atoms with E-state index in [1.54, 1.807) is 85.5 Å². The number of carboxylic acid groups (broad SMARTS) is 1. The van der Waals surface area contributed by atoms with E-state index in [4.69, 9.17) is 11.5 Å². The maximum atomic E-state index is 15.6. The summed E-state index contributed by atoms with van der Waals surface area (Å²) < 4.78 is 1.56. The molecular formula is C88H125N19O21. The quantitative estimate of drug-likeness (QED) is 0.0232. The van der Waals surface area contributed by atoms with Crippen molar-refractivity contribution in [3.05, 3.63) is 114 Å². The maximum Gasteiger partial charge on any atom is 0.303 e. The number of aliphatic hydroxyl groups excluding tert-OH is 2. The van der Waals surface area contributed by atoms with Crippen LogP contribution in [-0.4, -0.2) is 237 Å². The highest BCUT2D eigenvalue weighted by Gasteiger charge is 2.44. The van der Waals surface area contributed by atoms with Crippen molar-refractivity contribution in [2.45, 2.75) is 281 Å². The van der Waals surface area contributed by atoms with Gasteiger partial charge in [0.1, 0.15) is 71.2 Å². The second-order valence-corrected chi connectivity index (χ2v) is 34.2. The van der Waals surface area contributed by atoms with Gasteiger partial charge in [0.25, 0.3) is 0 Å². The molecule has 0 spiro atoms. The Balaban J connectivity index is 1.30. The monoisotopic (exact) mass is 1780 g/mol. The third-order valence-electron chi connectivity index (χ3n) is 22.9. The fourth-order valence-electron chi connectivity index (χ4n) is 15.0. The fraction of sp³-hybridized carbons (Fsp3) is 0.557. The molecule has 7 rings (SSSR count). The van der Waals surface area contributed by atoms with Crippen LogP contribution in [0.25, 0.3) is 10.9 Å². The zero-order chi connectivity index (χ0) is 94.3. The zero-order valence-corrected chi connectivity index (χ0v) is 73.8. The molecule has 3 heterocycles. The van der Waals surface area contributed by atoms with Crippen LogP contribution in [0.15, 0.2) is 91.3 Å². The summed E-state index contributed by atoms with van der Waals surface area (Å²) >= 11 is 0. The molecule has 5 aromatic rings. The molecule has 0 saturated heterocycles. The number of hydrogen-bond acceptors (Lipinski definition) is 23. The summed E-state index contributed by atoms with van der Waals surface area (Å²) in [6.45, 7) is 11.5. The number of Topliss-reactive ketones (excluding diaryl/α,β-unsaturated/α-hetero) is 2. The van der Waals surface area contributed by atoms with Crippen molar-refractivity contribution in [2.24, 2.45) is 29.2 Å². The number of carboxylic acids is 1. The number of phenols is 1. The van der Waals surface area contributed by atoms with Crippen molar-refractivity contribution in [3.8, 4) is 5.75 Å². The number of nitrogens with zero attached hydrogens (tertiary/aromatic N) is 3. The molecule has 3 aromatic carbocycles. The minimum absolute atomic E-state index is 0.0369. The van der Waals surface area contributed by atoms with Crippen LogP contribution in [0, 0.1) is 17.8 Å². The Morgan fingerprint density at radius 1 is 0.617 bits per heavy atom. The standard InChI is InChI=1S/C88H125N19O21/c1-48(2)39-65(96-53(7)110)81(123)102-72(52(6)109)84(126)99-67(41-55-21-13-12-14-22-55)83(125)104-87(8)36-17-10-11-18-38-107-46-59(105-106-107)25-20-37-88(9,86(128)101-69(47-108)82(124)95-51(5)76(118)94-50(4)75(90)117)103-77(119)58(40-54-23-19-24-54)45-92-63(32-34-70(89)112)74(116)73(115)49(3)93-79(121)68(43-57-44-91-62-27-16-15-26-61(57)62)98-80(122)66(42-56-28-30-60(111)31-29-56)97-78(120)64(100-85(87)127)33-35-71(113)114/h12-16,21-22,26-31,44,46,48-52,54,58,63-69,72,91-92,108-109,111H,10-11,17-20,23-25,32-43,45,47H2,1-9H3,(H2,89,112)(H2,90,117)(H,93,121)(H,94,118)(H,95,124)(H,96,110)(H,97,120)(H,98,122)(H,99,126)(H,100,127)(H,101,128)(H,102,123)(H,103,119)(H,104,125)(H,113,114)/t49?,50?,51-,52+,58+,63-,64-,65-,66?,67-,68-,69?,72-,87+,88-/m0/s1. The minimum atomic E-state index is -2.09. The van der Waals surface area contributed by atoms with Crippen LogP contribution in [0.4, 0.5) is 0 Å². The second kappa shape index (κ2) is 48.9. The van der Waals surface area contributed by atoms with E-state index in [0.717, 1.165) is 6.42 Å². The van der Waals surface area contributed by atoms with Crippen molar-refractivity contribution in [3.63, 3.8) is 0 Å². The number of primary amides is 2. The summed E-state index contributed by atoms with van der Waals surface area (Å²) in [5, 5.41) is 85.8. The van der Waals surface area contributed by atoms with E-state index in [1.165, 1.54) is 72.7 Å². The summed E-state index contributed by atoms with van der Waals surface area (Å²) in [5.41, 5.74) is 9.22. The van der Waals surface area contributed by atoms with Gasteiger partial charge in [0.15, 0.2) is 0 Å². The van der Waals surface area contributed by atoms with Crippen molar-refractivity contribution in [2.75, 3.05) is 13.2 Å². The number of benzene rings is 3. The van der Waals surface area contributed by atoms with Gasteiger partial charge in [0.2, 0.25) is 94.3 Å². The number of H-pyrrole nitrogens is 1. The molecule has 1 aliphatic carbocycles. The van der Waals surface area contributed by atoms with E-state index < -0.39 is 229 Å². The van der Waals surface area contributed by atoms with E-state index in [0.29, 0.717) is 65.4 Å². The SMILES string of the molecule is CC(=O)N[C@@H](CC(C)C)C(=O)N[C@H](C(=O)N[C@@H](Cc1ccccc1)C(=O)N[C@]1(C)CCCCCCn2cc(nn2)CCC[C@@](C)(C(=O)NC(CO)C(=O)N[C@@H](C)C(=O)NC(C)C(N)=O)NC(=O)[C@H](CC2CCC2)CN[C@@H](CCC(N)=O)C(=O)C(=O)C(C)NC(=O)[C@H](Cc2c[nH]c3ccccc23)NC(=O)C(Cc2ccc(O)cc2)NC(=O)[C@H](CCC(=O)O)NC1=O)[C@@H](C)O. The number of aliphatic carboxylic acids is 1. The van der Waals surface area contributed by atoms with E-state index in [9.17, 15) is 73.2 Å². The molecule has 2 aromatic heterocycles. The van der Waals surface area contributed by atoms with Gasteiger partial charge in [-0.15, -0.1) is 5.10 Å². The number of hydrogen-bond donors (Lipinski definition) is 20. The molecular weight excluding hydrogens is 1660 g/mol. The summed E-state index contributed by atoms with van der Waals surface area (Å²) in [6, 6.07) is 3.50. The number of phenolic OH excluding ortho intramolecular Hbond substituents is 1. The molecule has 1 fully saturated rings. The molecule has 15 atom stereocenters. The molecule has 0 radical (unpaired) electrons.